The first kappa shape index (κ1) is 17.5. The van der Waals surface area contributed by atoms with Crippen LogP contribution >= 0.6 is 23.2 Å². The molecule has 0 aromatic rings. The first-order valence-electron chi connectivity index (χ1n) is 6.39. The molecule has 0 aliphatic carbocycles. The number of sulfone groups is 1. The smallest absolute Gasteiger partial charge is 0.158 e. The molecule has 2 atom stereocenters. The Kier molecular flexibility index (Phi) is 9.75. The number of rotatable bonds is 10. The van der Waals surface area contributed by atoms with Gasteiger partial charge in [0.15, 0.2) is 9.84 Å². The van der Waals surface area contributed by atoms with E-state index in [0.29, 0.717) is 12.8 Å². The molecule has 0 bridgehead atoms. The first-order chi connectivity index (χ1) is 8.04. The van der Waals surface area contributed by atoms with Crippen LogP contribution in [0.25, 0.3) is 0 Å². The minimum atomic E-state index is -3.17. The average Bonchev–Trinajstić information content (AvgIpc) is 2.30. The Hall–Kier alpha value is 0.530. The van der Waals surface area contributed by atoms with E-state index in [2.05, 4.69) is 0 Å². The molecule has 17 heavy (non-hydrogen) atoms. The van der Waals surface area contributed by atoms with Crippen molar-refractivity contribution in [3.05, 3.63) is 0 Å². The Morgan fingerprint density at radius 1 is 0.882 bits per heavy atom. The van der Waals surface area contributed by atoms with Gasteiger partial charge in [0.05, 0.1) is 10.5 Å². The fourth-order valence-electron chi connectivity index (χ4n) is 1.79. The molecule has 0 amide bonds. The van der Waals surface area contributed by atoms with Crippen molar-refractivity contribution in [2.45, 2.75) is 62.9 Å². The fourth-order valence-corrected chi connectivity index (χ4v) is 5.04. The molecule has 0 aliphatic heterocycles. The van der Waals surface area contributed by atoms with Gasteiger partial charge in [0.25, 0.3) is 0 Å². The fraction of sp³-hybridized carbons (Fsp3) is 1.00. The van der Waals surface area contributed by atoms with Crippen LogP contribution in [0.15, 0.2) is 0 Å². The van der Waals surface area contributed by atoms with Gasteiger partial charge in [-0.15, -0.1) is 23.2 Å². The van der Waals surface area contributed by atoms with Crippen LogP contribution in [-0.4, -0.2) is 30.7 Å². The zero-order valence-electron chi connectivity index (χ0n) is 10.8. The van der Waals surface area contributed by atoms with E-state index < -0.39 is 20.3 Å². The number of hydrogen-bond donors (Lipinski definition) is 0. The third kappa shape index (κ3) is 5.80. The summed E-state index contributed by atoms with van der Waals surface area (Å²) in [7, 11) is -3.17. The predicted molar refractivity (Wildman–Crippen MR) is 77.0 cm³/mol. The van der Waals surface area contributed by atoms with E-state index in [1.807, 2.05) is 13.8 Å². The van der Waals surface area contributed by atoms with Crippen LogP contribution in [0.5, 0.6) is 0 Å². The standard InChI is InChI=1S/C12H24Cl2O2S/c1-3-5-7-11(9-13)17(15,16)12(10-14)8-6-4-2/h11-12H,3-10H2,1-2H3. The van der Waals surface area contributed by atoms with Gasteiger partial charge in [0.1, 0.15) is 0 Å². The van der Waals surface area contributed by atoms with Gasteiger partial charge in [-0.25, -0.2) is 8.42 Å². The summed E-state index contributed by atoms with van der Waals surface area (Å²) in [6.07, 6.45) is 5.09. The molecule has 0 saturated heterocycles. The summed E-state index contributed by atoms with van der Waals surface area (Å²) < 4.78 is 24.7. The quantitative estimate of drug-likeness (QED) is 0.572. The summed E-state index contributed by atoms with van der Waals surface area (Å²) in [5.41, 5.74) is 0. The second kappa shape index (κ2) is 9.46. The number of unbranched alkanes of at least 4 members (excludes halogenated alkanes) is 2. The maximum atomic E-state index is 12.3. The average molecular weight is 303 g/mol. The molecule has 0 aliphatic rings. The molecular formula is C12H24Cl2O2S. The van der Waals surface area contributed by atoms with Gasteiger partial charge in [-0.2, -0.15) is 0 Å². The molecule has 0 radical (unpaired) electrons. The monoisotopic (exact) mass is 302 g/mol. The molecule has 0 spiro atoms. The van der Waals surface area contributed by atoms with E-state index in [0.717, 1.165) is 25.7 Å². The summed E-state index contributed by atoms with van der Waals surface area (Å²) in [4.78, 5) is 0. The summed E-state index contributed by atoms with van der Waals surface area (Å²) in [5.74, 6) is 0.365. The zero-order valence-corrected chi connectivity index (χ0v) is 13.1. The lowest BCUT2D eigenvalue weighted by Crippen LogP contribution is -2.34. The molecule has 2 unspecified atom stereocenters. The first-order valence-corrected chi connectivity index (χ1v) is 9.06. The van der Waals surface area contributed by atoms with Gasteiger partial charge in [0, 0.05) is 11.8 Å². The molecule has 2 nitrogen and oxygen atoms in total. The van der Waals surface area contributed by atoms with Crippen molar-refractivity contribution in [2.75, 3.05) is 11.8 Å². The molecule has 0 heterocycles. The molecule has 0 aromatic heterocycles. The number of halogens is 2. The normalized spacial score (nSPS) is 15.8. The molecule has 0 rings (SSSR count). The van der Waals surface area contributed by atoms with Crippen molar-refractivity contribution < 1.29 is 8.42 Å². The highest BCUT2D eigenvalue weighted by molar-refractivity contribution is 7.92. The van der Waals surface area contributed by atoms with E-state index in [1.165, 1.54) is 0 Å². The lowest BCUT2D eigenvalue weighted by atomic mass is 10.2. The second-order valence-corrected chi connectivity index (χ2v) is 7.55. The van der Waals surface area contributed by atoms with Crippen LogP contribution in [0, 0.1) is 0 Å². The van der Waals surface area contributed by atoms with E-state index in [-0.39, 0.29) is 11.8 Å². The van der Waals surface area contributed by atoms with Crippen LogP contribution in [0.1, 0.15) is 52.4 Å². The Balaban J connectivity index is 4.66. The predicted octanol–water partition coefficient (Wildman–Crippen LogP) is 4.00. The van der Waals surface area contributed by atoms with Crippen molar-refractivity contribution in [1.29, 1.82) is 0 Å². The second-order valence-electron chi connectivity index (χ2n) is 4.43. The number of alkyl halides is 2. The number of hydrogen-bond acceptors (Lipinski definition) is 2. The molecule has 0 N–H and O–H groups in total. The van der Waals surface area contributed by atoms with Crippen LogP contribution in [0.2, 0.25) is 0 Å². The van der Waals surface area contributed by atoms with Gasteiger partial charge in [0.2, 0.25) is 0 Å². The van der Waals surface area contributed by atoms with Crippen molar-refractivity contribution in [1.82, 2.24) is 0 Å². The summed E-state index contributed by atoms with van der Waals surface area (Å²) in [6.45, 7) is 4.10. The maximum absolute atomic E-state index is 12.3. The third-order valence-corrected chi connectivity index (χ3v) is 6.81. The molecule has 5 heteroatoms. The summed E-state index contributed by atoms with van der Waals surface area (Å²) in [5, 5.41) is -0.852. The highest BCUT2D eigenvalue weighted by Gasteiger charge is 2.32. The Bertz CT molecular complexity index is 256. The van der Waals surface area contributed by atoms with E-state index in [4.69, 9.17) is 23.2 Å². The molecule has 104 valence electrons. The van der Waals surface area contributed by atoms with E-state index >= 15 is 0 Å². The lowest BCUT2D eigenvalue weighted by molar-refractivity contribution is 0.551. The highest BCUT2D eigenvalue weighted by atomic mass is 35.5. The molecule has 0 fully saturated rings. The zero-order chi connectivity index (χ0) is 13.3. The van der Waals surface area contributed by atoms with Crippen molar-refractivity contribution in [3.8, 4) is 0 Å². The Labute approximate surface area is 116 Å². The van der Waals surface area contributed by atoms with Gasteiger partial charge in [-0.05, 0) is 12.8 Å². The van der Waals surface area contributed by atoms with Crippen molar-refractivity contribution in [2.24, 2.45) is 0 Å². The van der Waals surface area contributed by atoms with Crippen LogP contribution in [0.3, 0.4) is 0 Å². The molecule has 0 saturated carbocycles. The van der Waals surface area contributed by atoms with Crippen molar-refractivity contribution >= 4 is 33.0 Å². The van der Waals surface area contributed by atoms with E-state index in [1.54, 1.807) is 0 Å². The minimum absolute atomic E-state index is 0.182. The third-order valence-electron chi connectivity index (χ3n) is 3.03. The van der Waals surface area contributed by atoms with Gasteiger partial charge < -0.3 is 0 Å². The lowest BCUT2D eigenvalue weighted by Gasteiger charge is -2.21. The summed E-state index contributed by atoms with van der Waals surface area (Å²) in [6, 6.07) is 0. The van der Waals surface area contributed by atoms with Crippen LogP contribution in [0.4, 0.5) is 0 Å². The largest absolute Gasteiger partial charge is 0.228 e. The maximum Gasteiger partial charge on any atom is 0.158 e. The van der Waals surface area contributed by atoms with Gasteiger partial charge in [-0.1, -0.05) is 39.5 Å². The Morgan fingerprint density at radius 3 is 1.47 bits per heavy atom. The topological polar surface area (TPSA) is 34.1 Å². The van der Waals surface area contributed by atoms with Gasteiger partial charge in [-0.3, -0.25) is 0 Å². The summed E-state index contributed by atoms with van der Waals surface area (Å²) >= 11 is 11.6. The molecular weight excluding hydrogens is 279 g/mol. The highest BCUT2D eigenvalue weighted by Crippen LogP contribution is 2.22. The van der Waals surface area contributed by atoms with Crippen LogP contribution < -0.4 is 0 Å². The van der Waals surface area contributed by atoms with Gasteiger partial charge >= 0.3 is 0 Å². The molecule has 0 aromatic carbocycles. The minimum Gasteiger partial charge on any atom is -0.228 e. The SMILES string of the molecule is CCCCC(CCl)S(=O)(=O)C(CCl)CCCC. The van der Waals surface area contributed by atoms with Crippen molar-refractivity contribution in [3.63, 3.8) is 0 Å². The van der Waals surface area contributed by atoms with E-state index in [9.17, 15) is 8.42 Å². The van der Waals surface area contributed by atoms with Crippen LogP contribution in [-0.2, 0) is 9.84 Å². The Morgan fingerprint density at radius 2 is 1.24 bits per heavy atom.